The van der Waals surface area contributed by atoms with Gasteiger partial charge in [0.2, 0.25) is 5.91 Å². The summed E-state index contributed by atoms with van der Waals surface area (Å²) in [5, 5.41) is 67.6. The molecule has 0 spiro atoms. The number of aliphatic hydroxyl groups excluding tert-OH is 5. The molecule has 0 bridgehead atoms. The van der Waals surface area contributed by atoms with Crippen LogP contribution in [0.15, 0.2) is 21.9 Å². The number of nitrogens with zero attached hydrogens (tertiary/aromatic N) is 2. The lowest BCUT2D eigenvalue weighted by molar-refractivity contribution is -0.233. The number of aromatic amines is 1. The Hall–Kier alpha value is -2.82. The van der Waals surface area contributed by atoms with Gasteiger partial charge in [0, 0.05) is 32.4 Å². The number of carboxylic acid groups (broad SMARTS) is 1. The van der Waals surface area contributed by atoms with E-state index in [4.69, 9.17) is 19.9 Å². The Labute approximate surface area is 238 Å². The van der Waals surface area contributed by atoms with E-state index in [1.54, 1.807) is 0 Å². The summed E-state index contributed by atoms with van der Waals surface area (Å²) >= 11 is 0. The highest BCUT2D eigenvalue weighted by Crippen LogP contribution is 2.35. The second-order valence-corrected chi connectivity index (χ2v) is 10.0. The van der Waals surface area contributed by atoms with E-state index in [0.29, 0.717) is 0 Å². The Morgan fingerprint density at radius 2 is 1.81 bits per heavy atom. The number of H-pyrrole nitrogens is 1. The normalized spacial score (nSPS) is 32.4. The fourth-order valence-electron chi connectivity index (χ4n) is 5.07. The average Bonchev–Trinajstić information content (AvgIpc) is 3.37. The van der Waals surface area contributed by atoms with Gasteiger partial charge in [-0.05, 0) is 14.1 Å². The van der Waals surface area contributed by atoms with E-state index >= 15 is 0 Å². The van der Waals surface area contributed by atoms with Gasteiger partial charge < -0.3 is 61.2 Å². The molecular weight excluding hydrogens is 568 g/mol. The highest BCUT2D eigenvalue weighted by Gasteiger charge is 2.54. The lowest BCUT2D eigenvalue weighted by Gasteiger charge is -2.39. The summed E-state index contributed by atoms with van der Waals surface area (Å²) < 4.78 is 18.1. The predicted molar refractivity (Wildman–Crippen MR) is 139 cm³/mol. The van der Waals surface area contributed by atoms with Crippen LogP contribution in [0.4, 0.5) is 0 Å². The first-order valence-corrected chi connectivity index (χ1v) is 13.0. The molecule has 1 aromatic rings. The number of nitrogens with two attached hydrogens (primary N) is 1. The Bertz CT molecular complexity index is 1200. The first-order valence-electron chi connectivity index (χ1n) is 13.0. The molecule has 1 amide bonds. The van der Waals surface area contributed by atoms with Crippen molar-refractivity contribution in [1.82, 2.24) is 25.1 Å². The maximum atomic E-state index is 13.3. The number of carboxylic acids is 1. The van der Waals surface area contributed by atoms with Crippen LogP contribution in [0.3, 0.4) is 0 Å². The monoisotopic (exact) mass is 606 g/mol. The molecule has 0 aliphatic carbocycles. The number of carbonyl (C=O) groups is 2. The molecule has 11 N–H and O–H groups in total. The number of aromatic nitrogens is 2. The van der Waals surface area contributed by atoms with Crippen LogP contribution < -0.4 is 27.6 Å². The minimum atomic E-state index is -1.85. The average molecular weight is 607 g/mol. The summed E-state index contributed by atoms with van der Waals surface area (Å²) in [6.45, 7) is -0.668. The van der Waals surface area contributed by atoms with Crippen LogP contribution in [0.25, 0.3) is 0 Å². The Balaban J connectivity index is 2.04. The third-order valence-electron chi connectivity index (χ3n) is 7.30. The van der Waals surface area contributed by atoms with E-state index in [0.717, 1.165) is 16.8 Å². The molecule has 3 heterocycles. The van der Waals surface area contributed by atoms with Gasteiger partial charge in [-0.25, -0.2) is 4.79 Å². The van der Waals surface area contributed by atoms with Crippen LogP contribution in [-0.2, 0) is 23.8 Å². The van der Waals surface area contributed by atoms with Gasteiger partial charge in [-0.2, -0.15) is 0 Å². The van der Waals surface area contributed by atoms with Gasteiger partial charge in [0.1, 0.15) is 54.8 Å². The predicted octanol–water partition coefficient (Wildman–Crippen LogP) is -6.97. The third kappa shape index (κ3) is 6.87. The SMILES string of the molecule is CNC(=O)[C@H]([C@H](OC1O[C@H](CN)[C@@H](O)[C@H]1O)C1OC(n2ccc(=O)[nH]c2=O)[C@H](O)[C@@H]1O)N(C)C[C@H](O)C(NC)C(=O)O. The number of likely N-dealkylation sites (N-methyl/N-ethyl adjacent to an activating group) is 3. The van der Waals surface area contributed by atoms with Crippen molar-refractivity contribution in [1.29, 1.82) is 0 Å². The van der Waals surface area contributed by atoms with Crippen LogP contribution in [0, 0.1) is 0 Å². The Kier molecular flexibility index (Phi) is 11.3. The molecule has 42 heavy (non-hydrogen) atoms. The maximum Gasteiger partial charge on any atom is 0.330 e. The molecular formula is C23H38N6O13. The van der Waals surface area contributed by atoms with E-state index in [2.05, 4.69) is 10.6 Å². The molecule has 2 aliphatic heterocycles. The fourth-order valence-corrected chi connectivity index (χ4v) is 5.07. The molecule has 2 fully saturated rings. The number of aliphatic hydroxyl groups is 5. The topological polar surface area (TPSA) is 291 Å². The standard InChI is InChI=1S/C23H38N6O13/c1-25-11(21(37)38)8(30)7-28(3)12(19(36)26-2)17(42-22-16(35)13(32)9(6-24)40-22)18-14(33)15(34)20(41-18)29-5-4-10(31)27-23(29)39/h4-5,8-9,11-18,20,22,25,30,32-35H,6-7,24H2,1-3H3,(H,26,36)(H,37,38)(H,27,31,39)/t8-,9+,11?,12-,13+,14-,15+,16+,17-,18?,20?,22?/m0/s1. The number of hydrogen-bond acceptors (Lipinski definition) is 15. The first kappa shape index (κ1) is 33.7. The van der Waals surface area contributed by atoms with Crippen LogP contribution >= 0.6 is 0 Å². The second-order valence-electron chi connectivity index (χ2n) is 10.0. The van der Waals surface area contributed by atoms with Gasteiger partial charge in [-0.3, -0.25) is 28.8 Å². The zero-order valence-electron chi connectivity index (χ0n) is 23.0. The van der Waals surface area contributed by atoms with Gasteiger partial charge in [0.25, 0.3) is 5.56 Å². The molecule has 4 unspecified atom stereocenters. The van der Waals surface area contributed by atoms with E-state index in [9.17, 15) is 49.8 Å². The highest BCUT2D eigenvalue weighted by atomic mass is 16.7. The van der Waals surface area contributed by atoms with Gasteiger partial charge in [-0.1, -0.05) is 0 Å². The molecule has 2 aliphatic rings. The van der Waals surface area contributed by atoms with Crippen molar-refractivity contribution >= 4 is 11.9 Å². The van der Waals surface area contributed by atoms with Gasteiger partial charge in [0.05, 0.1) is 6.10 Å². The quantitative estimate of drug-likeness (QED) is 0.0997. The summed E-state index contributed by atoms with van der Waals surface area (Å²) in [4.78, 5) is 51.9. The van der Waals surface area contributed by atoms with E-state index < -0.39 is 103 Å². The lowest BCUT2D eigenvalue weighted by atomic mass is 9.96. The smallest absolute Gasteiger partial charge is 0.330 e. The Morgan fingerprint density at radius 3 is 2.33 bits per heavy atom. The Morgan fingerprint density at radius 1 is 1.14 bits per heavy atom. The van der Waals surface area contributed by atoms with Crippen LogP contribution in [0.1, 0.15) is 6.23 Å². The number of carbonyl (C=O) groups excluding carboxylic acids is 1. The fraction of sp³-hybridized carbons (Fsp3) is 0.739. The van der Waals surface area contributed by atoms with Crippen LogP contribution in [0.2, 0.25) is 0 Å². The van der Waals surface area contributed by atoms with Gasteiger partial charge >= 0.3 is 11.7 Å². The zero-order valence-corrected chi connectivity index (χ0v) is 23.0. The molecule has 19 nitrogen and oxygen atoms in total. The third-order valence-corrected chi connectivity index (χ3v) is 7.30. The number of rotatable bonds is 13. The summed E-state index contributed by atoms with van der Waals surface area (Å²) in [7, 11) is 3.91. The maximum absolute atomic E-state index is 13.3. The summed E-state index contributed by atoms with van der Waals surface area (Å²) in [5.74, 6) is -2.16. The summed E-state index contributed by atoms with van der Waals surface area (Å²) in [5.41, 5.74) is 3.88. The highest BCUT2D eigenvalue weighted by molar-refractivity contribution is 5.82. The molecule has 19 heteroatoms. The van der Waals surface area contributed by atoms with Crippen molar-refractivity contribution in [2.24, 2.45) is 5.73 Å². The zero-order chi connectivity index (χ0) is 31.5. The van der Waals surface area contributed by atoms with Crippen molar-refractivity contribution in [2.45, 2.75) is 73.4 Å². The summed E-state index contributed by atoms with van der Waals surface area (Å²) in [6.07, 6.45) is -15.0. The van der Waals surface area contributed by atoms with Crippen LogP contribution in [-0.4, -0.2) is 158 Å². The molecule has 0 radical (unpaired) electrons. The van der Waals surface area contributed by atoms with Gasteiger partial charge in [0.15, 0.2) is 12.5 Å². The molecule has 238 valence electrons. The first-order chi connectivity index (χ1) is 19.8. The van der Waals surface area contributed by atoms with E-state index in [1.165, 1.54) is 26.0 Å². The molecule has 3 rings (SSSR count). The summed E-state index contributed by atoms with van der Waals surface area (Å²) in [6, 6.07) is -1.99. The molecule has 0 saturated carbocycles. The van der Waals surface area contributed by atoms with Gasteiger partial charge in [-0.15, -0.1) is 0 Å². The molecule has 2 saturated heterocycles. The van der Waals surface area contributed by atoms with Crippen molar-refractivity contribution in [3.63, 3.8) is 0 Å². The minimum absolute atomic E-state index is 0.215. The van der Waals surface area contributed by atoms with Crippen molar-refractivity contribution < 1.29 is 54.4 Å². The van der Waals surface area contributed by atoms with Crippen molar-refractivity contribution in [2.75, 3.05) is 34.2 Å². The van der Waals surface area contributed by atoms with Crippen molar-refractivity contribution in [3.05, 3.63) is 33.1 Å². The second kappa shape index (κ2) is 14.1. The lowest BCUT2D eigenvalue weighted by Crippen LogP contribution is -2.61. The number of ether oxygens (including phenoxy) is 3. The molecule has 1 aromatic heterocycles. The number of hydrogen-bond donors (Lipinski definition) is 10. The minimum Gasteiger partial charge on any atom is -0.480 e. The largest absolute Gasteiger partial charge is 0.480 e. The number of amides is 1. The van der Waals surface area contributed by atoms with E-state index in [1.807, 2.05) is 4.98 Å². The van der Waals surface area contributed by atoms with E-state index in [-0.39, 0.29) is 6.54 Å². The van der Waals surface area contributed by atoms with Crippen molar-refractivity contribution in [3.8, 4) is 0 Å². The number of nitrogens with one attached hydrogen (secondary N) is 3. The van der Waals surface area contributed by atoms with Crippen LogP contribution in [0.5, 0.6) is 0 Å². The number of aliphatic carboxylic acids is 1. The molecule has 12 atom stereocenters. The molecule has 0 aromatic carbocycles.